The number of thiazole rings is 1. The molecule has 0 bridgehead atoms. The lowest BCUT2D eigenvalue weighted by Crippen LogP contribution is -2.14. The Bertz CT molecular complexity index is 943. The maximum absolute atomic E-state index is 11.9. The van der Waals surface area contributed by atoms with Crippen LogP contribution >= 0.6 is 11.3 Å². The minimum atomic E-state index is -0.111. The van der Waals surface area contributed by atoms with E-state index in [9.17, 15) is 4.79 Å². The Morgan fingerprint density at radius 1 is 1.12 bits per heavy atom. The summed E-state index contributed by atoms with van der Waals surface area (Å²) in [6, 6.07) is 3.81. The Balaban J connectivity index is 1.66. The van der Waals surface area contributed by atoms with Crippen LogP contribution in [0.1, 0.15) is 26.8 Å². The normalized spacial score (nSPS) is 10.9. The molecule has 3 aromatic rings. The van der Waals surface area contributed by atoms with Crippen molar-refractivity contribution >= 4 is 17.2 Å². The standard InChI is InChI=1S/C18H21N5OS/c1-10-11(2)22-17(23-18(10)24)14-5-6-16(20-9-14)19-8-7-15-12(3)21-13(4)25-15/h5-6,9H,7-8H2,1-4H3,(H,19,20)(H,22,23,24). The van der Waals surface area contributed by atoms with Gasteiger partial charge < -0.3 is 10.3 Å². The summed E-state index contributed by atoms with van der Waals surface area (Å²) in [5.74, 6) is 1.34. The molecule has 0 aliphatic carbocycles. The largest absolute Gasteiger partial charge is 0.370 e. The van der Waals surface area contributed by atoms with Gasteiger partial charge in [0.25, 0.3) is 5.56 Å². The summed E-state index contributed by atoms with van der Waals surface area (Å²) in [5.41, 5.74) is 3.16. The minimum Gasteiger partial charge on any atom is -0.370 e. The van der Waals surface area contributed by atoms with Crippen molar-refractivity contribution < 1.29 is 0 Å². The van der Waals surface area contributed by atoms with Crippen molar-refractivity contribution in [2.75, 3.05) is 11.9 Å². The Hall–Kier alpha value is -2.54. The van der Waals surface area contributed by atoms with Gasteiger partial charge in [0.1, 0.15) is 11.6 Å². The monoisotopic (exact) mass is 355 g/mol. The molecule has 0 unspecified atom stereocenters. The van der Waals surface area contributed by atoms with E-state index in [1.165, 1.54) is 4.88 Å². The molecule has 2 N–H and O–H groups in total. The van der Waals surface area contributed by atoms with Crippen LogP contribution < -0.4 is 10.9 Å². The summed E-state index contributed by atoms with van der Waals surface area (Å²) in [4.78, 5) is 29.2. The van der Waals surface area contributed by atoms with Crippen molar-refractivity contribution in [3.8, 4) is 11.4 Å². The molecule has 0 aliphatic heterocycles. The number of hydrogen-bond donors (Lipinski definition) is 2. The second-order valence-corrected chi connectivity index (χ2v) is 7.26. The number of H-pyrrole nitrogens is 1. The van der Waals surface area contributed by atoms with Gasteiger partial charge in [0.2, 0.25) is 0 Å². The van der Waals surface area contributed by atoms with Crippen LogP contribution in [-0.4, -0.2) is 26.5 Å². The zero-order valence-corrected chi connectivity index (χ0v) is 15.6. The van der Waals surface area contributed by atoms with Crippen LogP contribution in [0.5, 0.6) is 0 Å². The Labute approximate surface area is 150 Å². The first-order chi connectivity index (χ1) is 11.9. The van der Waals surface area contributed by atoms with Crippen LogP contribution in [0.4, 0.5) is 5.82 Å². The van der Waals surface area contributed by atoms with Gasteiger partial charge in [-0.3, -0.25) is 4.79 Å². The van der Waals surface area contributed by atoms with Gasteiger partial charge in [-0.15, -0.1) is 11.3 Å². The molecular weight excluding hydrogens is 334 g/mol. The van der Waals surface area contributed by atoms with Gasteiger partial charge in [0.15, 0.2) is 0 Å². The molecule has 3 aromatic heterocycles. The van der Waals surface area contributed by atoms with Gasteiger partial charge in [-0.25, -0.2) is 15.0 Å². The number of aryl methyl sites for hydroxylation is 3. The molecule has 7 heteroatoms. The average molecular weight is 355 g/mol. The van der Waals surface area contributed by atoms with Crippen LogP contribution in [0.3, 0.4) is 0 Å². The van der Waals surface area contributed by atoms with Gasteiger partial charge in [0.05, 0.1) is 10.7 Å². The Morgan fingerprint density at radius 3 is 2.52 bits per heavy atom. The molecular formula is C18H21N5OS. The quantitative estimate of drug-likeness (QED) is 0.734. The zero-order chi connectivity index (χ0) is 18.0. The topological polar surface area (TPSA) is 83.6 Å². The lowest BCUT2D eigenvalue weighted by Gasteiger charge is -2.07. The van der Waals surface area contributed by atoms with E-state index in [1.54, 1.807) is 24.5 Å². The molecule has 0 atom stereocenters. The van der Waals surface area contributed by atoms with E-state index in [0.29, 0.717) is 11.4 Å². The third kappa shape index (κ3) is 3.93. The average Bonchev–Trinajstić information content (AvgIpc) is 2.90. The molecule has 25 heavy (non-hydrogen) atoms. The van der Waals surface area contributed by atoms with Gasteiger partial charge >= 0.3 is 0 Å². The third-order valence-corrected chi connectivity index (χ3v) is 5.22. The molecule has 0 saturated heterocycles. The van der Waals surface area contributed by atoms with Crippen LogP contribution in [-0.2, 0) is 6.42 Å². The van der Waals surface area contributed by atoms with Gasteiger partial charge in [-0.05, 0) is 39.8 Å². The molecule has 6 nitrogen and oxygen atoms in total. The molecule has 0 spiro atoms. The van der Waals surface area contributed by atoms with Crippen molar-refractivity contribution in [2.45, 2.75) is 34.1 Å². The number of nitrogens with one attached hydrogen (secondary N) is 2. The second-order valence-electron chi connectivity index (χ2n) is 5.98. The maximum atomic E-state index is 11.9. The second kappa shape index (κ2) is 7.14. The Kier molecular flexibility index (Phi) is 4.94. The maximum Gasteiger partial charge on any atom is 0.254 e. The summed E-state index contributed by atoms with van der Waals surface area (Å²) in [5, 5.41) is 4.42. The number of hydrogen-bond acceptors (Lipinski definition) is 6. The highest BCUT2D eigenvalue weighted by molar-refractivity contribution is 7.11. The van der Waals surface area contributed by atoms with E-state index in [1.807, 2.05) is 32.9 Å². The SMILES string of the molecule is Cc1nc(C)c(CCNc2ccc(-c3nc(C)c(C)c(=O)[nH]3)cn2)s1. The molecule has 0 aliphatic rings. The van der Waals surface area contributed by atoms with Crippen molar-refractivity contribution in [2.24, 2.45) is 0 Å². The van der Waals surface area contributed by atoms with Crippen LogP contribution in [0.15, 0.2) is 23.1 Å². The lowest BCUT2D eigenvalue weighted by atomic mass is 10.2. The summed E-state index contributed by atoms with van der Waals surface area (Å²) < 4.78 is 0. The van der Waals surface area contributed by atoms with Gasteiger partial charge in [-0.2, -0.15) is 0 Å². The first-order valence-electron chi connectivity index (χ1n) is 8.15. The number of aromatic nitrogens is 4. The van der Waals surface area contributed by atoms with E-state index in [4.69, 9.17) is 0 Å². The van der Waals surface area contributed by atoms with E-state index in [0.717, 1.165) is 40.7 Å². The molecule has 3 rings (SSSR count). The smallest absolute Gasteiger partial charge is 0.254 e. The fourth-order valence-electron chi connectivity index (χ4n) is 2.53. The molecule has 3 heterocycles. The molecule has 130 valence electrons. The number of pyridine rings is 1. The number of nitrogens with zero attached hydrogens (tertiary/aromatic N) is 3. The highest BCUT2D eigenvalue weighted by Gasteiger charge is 2.07. The van der Waals surface area contributed by atoms with Crippen LogP contribution in [0, 0.1) is 27.7 Å². The molecule has 0 saturated carbocycles. The molecule has 0 aromatic carbocycles. The third-order valence-electron chi connectivity index (χ3n) is 4.09. The van der Waals surface area contributed by atoms with E-state index < -0.39 is 0 Å². The molecule has 0 amide bonds. The first kappa shape index (κ1) is 17.3. The number of anilines is 1. The van der Waals surface area contributed by atoms with Crippen LogP contribution in [0.2, 0.25) is 0 Å². The molecule has 0 fully saturated rings. The minimum absolute atomic E-state index is 0.111. The summed E-state index contributed by atoms with van der Waals surface area (Å²) in [6.07, 6.45) is 2.64. The van der Waals surface area contributed by atoms with E-state index in [-0.39, 0.29) is 5.56 Å². The lowest BCUT2D eigenvalue weighted by molar-refractivity contribution is 1.00. The number of aromatic amines is 1. The van der Waals surface area contributed by atoms with Crippen molar-refractivity contribution in [1.82, 2.24) is 19.9 Å². The summed E-state index contributed by atoms with van der Waals surface area (Å²) in [6.45, 7) is 8.47. The molecule has 0 radical (unpaired) electrons. The fourth-order valence-corrected chi connectivity index (χ4v) is 3.47. The highest BCUT2D eigenvalue weighted by atomic mass is 32.1. The van der Waals surface area contributed by atoms with Crippen molar-refractivity contribution in [3.05, 3.63) is 55.5 Å². The number of rotatable bonds is 5. The van der Waals surface area contributed by atoms with E-state index >= 15 is 0 Å². The van der Waals surface area contributed by atoms with Gasteiger partial charge in [0, 0.05) is 40.9 Å². The van der Waals surface area contributed by atoms with E-state index in [2.05, 4.69) is 25.3 Å². The summed E-state index contributed by atoms with van der Waals surface area (Å²) >= 11 is 1.74. The van der Waals surface area contributed by atoms with Crippen molar-refractivity contribution in [1.29, 1.82) is 0 Å². The fraction of sp³-hybridized carbons (Fsp3) is 0.333. The predicted molar refractivity (Wildman–Crippen MR) is 101 cm³/mol. The van der Waals surface area contributed by atoms with Gasteiger partial charge in [-0.1, -0.05) is 0 Å². The first-order valence-corrected chi connectivity index (χ1v) is 8.96. The Morgan fingerprint density at radius 2 is 1.92 bits per heavy atom. The zero-order valence-electron chi connectivity index (χ0n) is 14.8. The highest BCUT2D eigenvalue weighted by Crippen LogP contribution is 2.18. The van der Waals surface area contributed by atoms with Crippen molar-refractivity contribution in [3.63, 3.8) is 0 Å². The predicted octanol–water partition coefficient (Wildman–Crippen LogP) is 3.18. The summed E-state index contributed by atoms with van der Waals surface area (Å²) in [7, 11) is 0. The van der Waals surface area contributed by atoms with Crippen LogP contribution in [0.25, 0.3) is 11.4 Å².